The zero-order valence-electron chi connectivity index (χ0n) is 9.68. The molecular formula is C13H12N2O2. The summed E-state index contributed by atoms with van der Waals surface area (Å²) in [6.45, 7) is 0. The first-order chi connectivity index (χ1) is 8.22. The lowest BCUT2D eigenvalue weighted by atomic mass is 10.2. The van der Waals surface area contributed by atoms with Crippen LogP contribution in [0.1, 0.15) is 0 Å². The summed E-state index contributed by atoms with van der Waals surface area (Å²) in [6.07, 6.45) is 1.89. The SMILES string of the molecule is COc1ccc2c(c1)n(C)c(=O)c1cccn12. The summed E-state index contributed by atoms with van der Waals surface area (Å²) in [6, 6.07) is 9.43. The van der Waals surface area contributed by atoms with Crippen LogP contribution in [0.25, 0.3) is 16.6 Å². The Morgan fingerprint density at radius 3 is 2.71 bits per heavy atom. The van der Waals surface area contributed by atoms with E-state index in [9.17, 15) is 4.79 Å². The molecule has 4 heteroatoms. The lowest BCUT2D eigenvalue weighted by Gasteiger charge is -2.09. The lowest BCUT2D eigenvalue weighted by Crippen LogP contribution is -2.19. The van der Waals surface area contributed by atoms with Gasteiger partial charge in [0.15, 0.2) is 0 Å². The molecule has 1 aromatic carbocycles. The number of aromatic nitrogens is 2. The standard InChI is InChI=1S/C13H12N2O2/c1-14-12-8-9(17-2)5-6-10(12)15-7-3-4-11(15)13(14)16/h3-8H,1-2H3. The summed E-state index contributed by atoms with van der Waals surface area (Å²) < 4.78 is 8.73. The summed E-state index contributed by atoms with van der Waals surface area (Å²) in [5.74, 6) is 0.749. The number of ether oxygens (including phenoxy) is 1. The monoisotopic (exact) mass is 228 g/mol. The molecular weight excluding hydrogens is 216 g/mol. The smallest absolute Gasteiger partial charge is 0.275 e. The van der Waals surface area contributed by atoms with Crippen LogP contribution >= 0.6 is 0 Å². The number of nitrogens with zero attached hydrogens (tertiary/aromatic N) is 2. The van der Waals surface area contributed by atoms with E-state index in [1.165, 1.54) is 0 Å². The van der Waals surface area contributed by atoms with E-state index in [4.69, 9.17) is 4.74 Å². The molecule has 0 aliphatic rings. The highest BCUT2D eigenvalue weighted by atomic mass is 16.5. The number of aryl methyl sites for hydroxylation is 1. The van der Waals surface area contributed by atoms with Gasteiger partial charge in [0.1, 0.15) is 11.3 Å². The number of benzene rings is 1. The molecule has 4 nitrogen and oxygen atoms in total. The highest BCUT2D eigenvalue weighted by Crippen LogP contribution is 2.20. The number of rotatable bonds is 1. The molecule has 0 amide bonds. The Bertz CT molecular complexity index is 768. The van der Waals surface area contributed by atoms with E-state index in [1.54, 1.807) is 18.7 Å². The fourth-order valence-corrected chi connectivity index (χ4v) is 2.15. The van der Waals surface area contributed by atoms with Crippen molar-refractivity contribution >= 4 is 16.6 Å². The van der Waals surface area contributed by atoms with Crippen molar-refractivity contribution in [3.8, 4) is 5.75 Å². The minimum Gasteiger partial charge on any atom is -0.497 e. The summed E-state index contributed by atoms with van der Waals surface area (Å²) in [5.41, 5.74) is 2.53. The van der Waals surface area contributed by atoms with Crippen molar-refractivity contribution < 1.29 is 4.74 Å². The predicted octanol–water partition coefficient (Wildman–Crippen LogP) is 1.80. The van der Waals surface area contributed by atoms with Crippen molar-refractivity contribution in [1.82, 2.24) is 8.97 Å². The van der Waals surface area contributed by atoms with Gasteiger partial charge in [-0.25, -0.2) is 0 Å². The highest BCUT2D eigenvalue weighted by Gasteiger charge is 2.08. The summed E-state index contributed by atoms with van der Waals surface area (Å²) in [7, 11) is 3.39. The predicted molar refractivity (Wildman–Crippen MR) is 66.7 cm³/mol. The highest BCUT2D eigenvalue weighted by molar-refractivity contribution is 5.80. The first kappa shape index (κ1) is 9.96. The van der Waals surface area contributed by atoms with Gasteiger partial charge in [0, 0.05) is 19.3 Å². The number of methoxy groups -OCH3 is 1. The van der Waals surface area contributed by atoms with Crippen molar-refractivity contribution in [2.75, 3.05) is 7.11 Å². The summed E-state index contributed by atoms with van der Waals surface area (Å²) >= 11 is 0. The van der Waals surface area contributed by atoms with E-state index in [0.29, 0.717) is 5.52 Å². The van der Waals surface area contributed by atoms with Gasteiger partial charge in [-0.05, 0) is 24.3 Å². The summed E-state index contributed by atoms with van der Waals surface area (Å²) in [4.78, 5) is 12.1. The van der Waals surface area contributed by atoms with Gasteiger partial charge in [0.25, 0.3) is 5.56 Å². The van der Waals surface area contributed by atoms with E-state index < -0.39 is 0 Å². The summed E-state index contributed by atoms with van der Waals surface area (Å²) in [5, 5.41) is 0. The maximum atomic E-state index is 12.1. The maximum absolute atomic E-state index is 12.1. The van der Waals surface area contributed by atoms with Gasteiger partial charge in [-0.15, -0.1) is 0 Å². The maximum Gasteiger partial charge on any atom is 0.275 e. The molecule has 0 radical (unpaired) electrons. The first-order valence-electron chi connectivity index (χ1n) is 5.36. The molecule has 0 aliphatic carbocycles. The molecule has 0 spiro atoms. The number of hydrogen-bond donors (Lipinski definition) is 0. The molecule has 17 heavy (non-hydrogen) atoms. The minimum atomic E-state index is -0.00393. The molecule has 2 aromatic heterocycles. The van der Waals surface area contributed by atoms with Gasteiger partial charge in [0.05, 0.1) is 18.1 Å². The van der Waals surface area contributed by atoms with Crippen LogP contribution in [0.3, 0.4) is 0 Å². The van der Waals surface area contributed by atoms with Crippen LogP contribution in [0.2, 0.25) is 0 Å². The molecule has 0 saturated carbocycles. The van der Waals surface area contributed by atoms with Crippen LogP contribution < -0.4 is 10.3 Å². The van der Waals surface area contributed by atoms with Crippen LogP contribution in [-0.4, -0.2) is 16.1 Å². The zero-order valence-corrected chi connectivity index (χ0v) is 9.68. The van der Waals surface area contributed by atoms with Crippen LogP contribution in [-0.2, 0) is 7.05 Å². The van der Waals surface area contributed by atoms with Crippen LogP contribution in [0.5, 0.6) is 5.75 Å². The minimum absolute atomic E-state index is 0.00393. The molecule has 0 saturated heterocycles. The van der Waals surface area contributed by atoms with Gasteiger partial charge in [0.2, 0.25) is 0 Å². The van der Waals surface area contributed by atoms with Gasteiger partial charge in [-0.1, -0.05) is 0 Å². The molecule has 2 heterocycles. The normalized spacial score (nSPS) is 11.2. The molecule has 0 atom stereocenters. The molecule has 3 rings (SSSR count). The second-order valence-corrected chi connectivity index (χ2v) is 3.98. The molecule has 0 aliphatic heterocycles. The van der Waals surface area contributed by atoms with Gasteiger partial charge >= 0.3 is 0 Å². The molecule has 86 valence electrons. The van der Waals surface area contributed by atoms with Crippen LogP contribution in [0.15, 0.2) is 41.3 Å². The molecule has 0 unspecified atom stereocenters. The largest absolute Gasteiger partial charge is 0.497 e. The van der Waals surface area contributed by atoms with Crippen molar-refractivity contribution in [3.63, 3.8) is 0 Å². The van der Waals surface area contributed by atoms with Crippen LogP contribution in [0.4, 0.5) is 0 Å². The van der Waals surface area contributed by atoms with Crippen molar-refractivity contribution in [2.24, 2.45) is 7.05 Å². The third-order valence-electron chi connectivity index (χ3n) is 3.08. The van der Waals surface area contributed by atoms with Gasteiger partial charge < -0.3 is 13.7 Å². The Hall–Kier alpha value is -2.23. The molecule has 3 aromatic rings. The average Bonchev–Trinajstić information content (AvgIpc) is 2.84. The number of fused-ring (bicyclic) bond motifs is 3. The second kappa shape index (κ2) is 3.38. The van der Waals surface area contributed by atoms with E-state index in [2.05, 4.69) is 0 Å². The third-order valence-corrected chi connectivity index (χ3v) is 3.08. The average molecular weight is 228 g/mol. The zero-order chi connectivity index (χ0) is 12.0. The third kappa shape index (κ3) is 1.27. The van der Waals surface area contributed by atoms with Crippen LogP contribution in [0, 0.1) is 0 Å². The molecule has 0 bridgehead atoms. The van der Waals surface area contributed by atoms with Gasteiger partial charge in [-0.2, -0.15) is 0 Å². The lowest BCUT2D eigenvalue weighted by molar-refractivity contribution is 0.415. The van der Waals surface area contributed by atoms with Crippen molar-refractivity contribution in [2.45, 2.75) is 0 Å². The number of hydrogen-bond acceptors (Lipinski definition) is 2. The fourth-order valence-electron chi connectivity index (χ4n) is 2.15. The molecule has 0 N–H and O–H groups in total. The Kier molecular flexibility index (Phi) is 1.98. The Balaban J connectivity index is 2.59. The molecule has 0 fully saturated rings. The topological polar surface area (TPSA) is 35.6 Å². The van der Waals surface area contributed by atoms with E-state index >= 15 is 0 Å². The van der Waals surface area contributed by atoms with E-state index in [0.717, 1.165) is 16.8 Å². The first-order valence-corrected chi connectivity index (χ1v) is 5.36. The van der Waals surface area contributed by atoms with Crippen molar-refractivity contribution in [3.05, 3.63) is 46.9 Å². The van der Waals surface area contributed by atoms with Gasteiger partial charge in [-0.3, -0.25) is 4.79 Å². The van der Waals surface area contributed by atoms with Crippen molar-refractivity contribution in [1.29, 1.82) is 0 Å². The fraction of sp³-hybridized carbons (Fsp3) is 0.154. The Morgan fingerprint density at radius 1 is 1.12 bits per heavy atom. The van der Waals surface area contributed by atoms with E-state index in [-0.39, 0.29) is 5.56 Å². The quantitative estimate of drug-likeness (QED) is 0.636. The second-order valence-electron chi connectivity index (χ2n) is 3.98. The Labute approximate surface area is 97.7 Å². The van der Waals surface area contributed by atoms with E-state index in [1.807, 2.05) is 40.9 Å². The Morgan fingerprint density at radius 2 is 1.94 bits per heavy atom.